The van der Waals surface area contributed by atoms with Gasteiger partial charge in [-0.15, -0.1) is 0 Å². The van der Waals surface area contributed by atoms with Crippen LogP contribution in [0, 0.1) is 5.92 Å². The largest absolute Gasteiger partial charge is 0.479 e. The normalized spacial score (nSPS) is 20.7. The number of methoxy groups -OCH3 is 2. The number of hydrogen-bond acceptors (Lipinski definition) is 10. The monoisotopic (exact) mass is 470 g/mol. The van der Waals surface area contributed by atoms with Crippen molar-refractivity contribution in [2.45, 2.75) is 38.3 Å². The average Bonchev–Trinajstić information content (AvgIpc) is 3.37. The zero-order chi connectivity index (χ0) is 23.5. The van der Waals surface area contributed by atoms with Gasteiger partial charge in [0.25, 0.3) is 0 Å². The minimum atomic E-state index is -0.0861. The first kappa shape index (κ1) is 22.6. The Morgan fingerprint density at radius 1 is 1.06 bits per heavy atom. The van der Waals surface area contributed by atoms with E-state index in [1.165, 1.54) is 7.11 Å². The second-order valence-corrected chi connectivity index (χ2v) is 8.73. The summed E-state index contributed by atoms with van der Waals surface area (Å²) in [5, 5.41) is 0. The van der Waals surface area contributed by atoms with Crippen LogP contribution in [-0.4, -0.2) is 83.9 Å². The molecule has 2 aromatic heterocycles. The highest BCUT2D eigenvalue weighted by Gasteiger charge is 2.34. The maximum absolute atomic E-state index is 12.9. The van der Waals surface area contributed by atoms with Crippen LogP contribution < -0.4 is 19.1 Å². The Hall–Kier alpha value is -3.21. The summed E-state index contributed by atoms with van der Waals surface area (Å²) in [4.78, 5) is 34.4. The summed E-state index contributed by atoms with van der Waals surface area (Å²) in [6, 6.07) is 0.256. The number of carbonyl (C=O) groups excluding carboxylic acids is 1. The molecule has 3 aliphatic heterocycles. The molecular formula is C23H30N6O5. The molecule has 0 bridgehead atoms. The maximum atomic E-state index is 12.9. The molecule has 0 aromatic carbocycles. The third-order valence-corrected chi connectivity index (χ3v) is 6.70. The fourth-order valence-electron chi connectivity index (χ4n) is 4.82. The van der Waals surface area contributed by atoms with E-state index in [-0.39, 0.29) is 23.9 Å². The molecule has 1 atom stereocenters. The molecular weight excluding hydrogens is 440 g/mol. The quantitative estimate of drug-likeness (QED) is 0.611. The molecule has 2 saturated heterocycles. The van der Waals surface area contributed by atoms with Crippen molar-refractivity contribution in [3.8, 4) is 17.8 Å². The van der Waals surface area contributed by atoms with Crippen LogP contribution in [0.3, 0.4) is 0 Å². The Kier molecular flexibility index (Phi) is 6.61. The number of likely N-dealkylation sites (tertiary alicyclic amines) is 1. The molecule has 3 aliphatic rings. The fraction of sp³-hybridized carbons (Fsp3) is 0.609. The van der Waals surface area contributed by atoms with Gasteiger partial charge >= 0.3 is 6.01 Å². The molecule has 0 spiro atoms. The minimum absolute atomic E-state index is 0.0644. The van der Waals surface area contributed by atoms with Crippen molar-refractivity contribution in [1.29, 1.82) is 0 Å². The van der Waals surface area contributed by atoms with Crippen molar-refractivity contribution in [3.05, 3.63) is 23.8 Å². The first-order valence-electron chi connectivity index (χ1n) is 11.7. The van der Waals surface area contributed by atoms with E-state index in [0.29, 0.717) is 44.6 Å². The van der Waals surface area contributed by atoms with Gasteiger partial charge in [0.2, 0.25) is 17.7 Å². The van der Waals surface area contributed by atoms with Gasteiger partial charge in [0.05, 0.1) is 44.8 Å². The number of fused-ring (bicyclic) bond motifs is 1. The number of anilines is 1. The van der Waals surface area contributed by atoms with Gasteiger partial charge in [0.1, 0.15) is 18.1 Å². The van der Waals surface area contributed by atoms with Crippen molar-refractivity contribution in [2.24, 2.45) is 5.92 Å². The van der Waals surface area contributed by atoms with Crippen molar-refractivity contribution in [3.63, 3.8) is 0 Å². The molecule has 2 aromatic rings. The van der Waals surface area contributed by atoms with Crippen molar-refractivity contribution in [2.75, 3.05) is 52.0 Å². The molecule has 2 fully saturated rings. The molecule has 0 unspecified atom stereocenters. The lowest BCUT2D eigenvalue weighted by molar-refractivity contribution is -0.137. The number of ether oxygens (including phenoxy) is 4. The Morgan fingerprint density at radius 2 is 1.91 bits per heavy atom. The Balaban J connectivity index is 1.28. The van der Waals surface area contributed by atoms with Crippen LogP contribution in [0.1, 0.15) is 30.5 Å². The first-order valence-corrected chi connectivity index (χ1v) is 11.7. The lowest BCUT2D eigenvalue weighted by Gasteiger charge is -2.31. The van der Waals surface area contributed by atoms with E-state index in [4.69, 9.17) is 18.9 Å². The van der Waals surface area contributed by atoms with E-state index in [1.54, 1.807) is 19.6 Å². The molecule has 11 heteroatoms. The smallest absolute Gasteiger partial charge is 0.319 e. The van der Waals surface area contributed by atoms with E-state index < -0.39 is 0 Å². The van der Waals surface area contributed by atoms with Gasteiger partial charge in [0.15, 0.2) is 0 Å². The molecule has 0 radical (unpaired) electrons. The number of rotatable bonds is 6. The molecule has 1 amide bonds. The summed E-state index contributed by atoms with van der Waals surface area (Å²) >= 11 is 0. The second-order valence-electron chi connectivity index (χ2n) is 8.73. The Bertz CT molecular complexity index is 1030. The van der Waals surface area contributed by atoms with Gasteiger partial charge in [-0.2, -0.15) is 4.98 Å². The zero-order valence-electron chi connectivity index (χ0n) is 19.6. The Labute approximate surface area is 198 Å². The molecule has 0 aliphatic carbocycles. The van der Waals surface area contributed by atoms with E-state index in [1.807, 2.05) is 4.90 Å². The van der Waals surface area contributed by atoms with E-state index >= 15 is 0 Å². The summed E-state index contributed by atoms with van der Waals surface area (Å²) in [5.74, 6) is 1.31. The predicted octanol–water partition coefficient (Wildman–Crippen LogP) is 1.25. The van der Waals surface area contributed by atoms with Gasteiger partial charge in [-0.05, 0) is 12.8 Å². The van der Waals surface area contributed by atoms with Gasteiger partial charge in [0, 0.05) is 45.1 Å². The van der Waals surface area contributed by atoms with Gasteiger partial charge in [-0.25, -0.2) is 15.0 Å². The van der Waals surface area contributed by atoms with Crippen molar-refractivity contribution < 1.29 is 23.7 Å². The summed E-state index contributed by atoms with van der Waals surface area (Å²) in [6.07, 6.45) is 6.30. The fourth-order valence-corrected chi connectivity index (χ4v) is 4.82. The maximum Gasteiger partial charge on any atom is 0.319 e. The number of hydrogen-bond donors (Lipinski definition) is 0. The van der Waals surface area contributed by atoms with Crippen LogP contribution in [0.4, 0.5) is 5.69 Å². The van der Waals surface area contributed by atoms with E-state index in [9.17, 15) is 4.79 Å². The van der Waals surface area contributed by atoms with Crippen LogP contribution in [0.2, 0.25) is 0 Å². The lowest BCUT2D eigenvalue weighted by atomic mass is 9.99. The van der Waals surface area contributed by atoms with Crippen molar-refractivity contribution >= 4 is 11.6 Å². The molecule has 0 N–H and O–H groups in total. The number of aromatic nitrogens is 4. The predicted molar refractivity (Wildman–Crippen MR) is 121 cm³/mol. The highest BCUT2D eigenvalue weighted by Crippen LogP contribution is 2.34. The number of nitrogens with zero attached hydrogens (tertiary/aromatic N) is 6. The van der Waals surface area contributed by atoms with E-state index in [2.05, 4.69) is 24.8 Å². The highest BCUT2D eigenvalue weighted by atomic mass is 16.5. The Morgan fingerprint density at radius 3 is 2.71 bits per heavy atom. The standard InChI is InChI=1S/C23H30N6O5/c1-31-21-19(11-24-23(27-21)32-2)28-8-4-18-17(13-28)20(26-14-25-18)34-16-3-7-29(12-16)22(30)15-5-9-33-10-6-15/h11,14-16H,3-10,12-13H2,1-2H3/t16-/m0/s1. The van der Waals surface area contributed by atoms with Crippen LogP contribution in [-0.2, 0) is 22.5 Å². The van der Waals surface area contributed by atoms with Crippen LogP contribution in [0.15, 0.2) is 12.5 Å². The third kappa shape index (κ3) is 4.56. The van der Waals surface area contributed by atoms with Crippen LogP contribution >= 0.6 is 0 Å². The van der Waals surface area contributed by atoms with Gasteiger partial charge in [-0.3, -0.25) is 4.79 Å². The van der Waals surface area contributed by atoms with Crippen LogP contribution in [0.25, 0.3) is 0 Å². The average molecular weight is 471 g/mol. The third-order valence-electron chi connectivity index (χ3n) is 6.70. The summed E-state index contributed by atoms with van der Waals surface area (Å²) in [7, 11) is 3.10. The van der Waals surface area contributed by atoms with Gasteiger partial charge < -0.3 is 28.7 Å². The topological polar surface area (TPSA) is 112 Å². The molecule has 182 valence electrons. The van der Waals surface area contributed by atoms with Crippen molar-refractivity contribution in [1.82, 2.24) is 24.8 Å². The number of carbonyl (C=O) groups is 1. The zero-order valence-corrected chi connectivity index (χ0v) is 19.6. The molecule has 5 heterocycles. The molecule has 34 heavy (non-hydrogen) atoms. The first-order chi connectivity index (χ1) is 16.7. The highest BCUT2D eigenvalue weighted by molar-refractivity contribution is 5.79. The second kappa shape index (κ2) is 9.96. The van der Waals surface area contributed by atoms with Gasteiger partial charge in [-0.1, -0.05) is 0 Å². The summed E-state index contributed by atoms with van der Waals surface area (Å²) < 4.78 is 22.3. The molecule has 11 nitrogen and oxygen atoms in total. The molecule has 0 saturated carbocycles. The SMILES string of the molecule is COc1ncc(N2CCc3ncnc(O[C@H]4CCN(C(=O)C5CCOCC5)C4)c3C2)c(OC)n1. The number of amides is 1. The molecule has 5 rings (SSSR count). The minimum Gasteiger partial charge on any atom is -0.479 e. The lowest BCUT2D eigenvalue weighted by Crippen LogP contribution is -2.38. The van der Waals surface area contributed by atoms with E-state index in [0.717, 1.165) is 49.2 Å². The summed E-state index contributed by atoms with van der Waals surface area (Å²) in [5.41, 5.74) is 2.70. The van der Waals surface area contributed by atoms with Crippen LogP contribution in [0.5, 0.6) is 17.8 Å². The summed E-state index contributed by atoms with van der Waals surface area (Å²) in [6.45, 7) is 3.91.